The molecule has 1 atom stereocenters. The molecule has 0 aromatic heterocycles. The van der Waals surface area contributed by atoms with E-state index in [9.17, 15) is 4.79 Å². The molecule has 4 heteroatoms. The number of nitrogens with zero attached hydrogens (tertiary/aromatic N) is 1. The third kappa shape index (κ3) is 5.51. The maximum absolute atomic E-state index is 12.6. The molecular weight excluding hydrogens is 334 g/mol. The fraction of sp³-hybridized carbons (Fsp3) is 0.174. The standard InChI is InChI=1S/C23H25N3O/c1-24-23(27)22(21-15-9-4-10-16-21)25-26(17-19-11-5-2-6-12-19)18-20-13-7-3-8-14-20/h2-16,22,25H,17-18H2,1H3,(H,24,27). The highest BCUT2D eigenvalue weighted by molar-refractivity contribution is 5.82. The van der Waals surface area contributed by atoms with E-state index < -0.39 is 6.04 Å². The minimum absolute atomic E-state index is 0.0627. The summed E-state index contributed by atoms with van der Waals surface area (Å²) in [5.74, 6) is -0.0627. The number of likely N-dealkylation sites (N-methyl/N-ethyl adjacent to an activating group) is 1. The largest absolute Gasteiger partial charge is 0.357 e. The Hall–Kier alpha value is -2.95. The SMILES string of the molecule is CNC(=O)C(NN(Cc1ccccc1)Cc1ccccc1)c1ccccc1. The molecule has 0 aliphatic rings. The molecule has 3 aromatic carbocycles. The fourth-order valence-corrected chi connectivity index (χ4v) is 3.01. The van der Waals surface area contributed by atoms with Gasteiger partial charge in [-0.3, -0.25) is 4.79 Å². The number of rotatable bonds is 8. The van der Waals surface area contributed by atoms with Gasteiger partial charge >= 0.3 is 0 Å². The molecule has 1 unspecified atom stereocenters. The van der Waals surface area contributed by atoms with Crippen LogP contribution in [0.2, 0.25) is 0 Å². The van der Waals surface area contributed by atoms with Crippen molar-refractivity contribution in [1.29, 1.82) is 0 Å². The van der Waals surface area contributed by atoms with Gasteiger partial charge in [0.1, 0.15) is 6.04 Å². The molecule has 0 spiro atoms. The Morgan fingerprint density at radius 1 is 0.778 bits per heavy atom. The summed E-state index contributed by atoms with van der Waals surface area (Å²) < 4.78 is 0. The maximum Gasteiger partial charge on any atom is 0.242 e. The average molecular weight is 359 g/mol. The van der Waals surface area contributed by atoms with Crippen molar-refractivity contribution in [1.82, 2.24) is 15.8 Å². The normalized spacial score (nSPS) is 11.9. The molecule has 0 fully saturated rings. The van der Waals surface area contributed by atoms with Gasteiger partial charge in [-0.25, -0.2) is 10.4 Å². The van der Waals surface area contributed by atoms with Crippen LogP contribution in [0.4, 0.5) is 0 Å². The van der Waals surface area contributed by atoms with Crippen LogP contribution in [0.3, 0.4) is 0 Å². The predicted octanol–water partition coefficient (Wildman–Crippen LogP) is 3.68. The highest BCUT2D eigenvalue weighted by Crippen LogP contribution is 2.16. The van der Waals surface area contributed by atoms with Crippen LogP contribution < -0.4 is 10.7 Å². The Morgan fingerprint density at radius 2 is 1.22 bits per heavy atom. The molecular formula is C23H25N3O. The number of carbonyl (C=O) groups excluding carboxylic acids is 1. The van der Waals surface area contributed by atoms with E-state index >= 15 is 0 Å². The molecule has 1 amide bonds. The van der Waals surface area contributed by atoms with Gasteiger partial charge in [-0.1, -0.05) is 91.0 Å². The second kappa shape index (κ2) is 9.67. The van der Waals surface area contributed by atoms with Crippen LogP contribution >= 0.6 is 0 Å². The van der Waals surface area contributed by atoms with Crippen molar-refractivity contribution in [2.45, 2.75) is 19.1 Å². The molecule has 0 aliphatic carbocycles. The van der Waals surface area contributed by atoms with Crippen LogP contribution in [0, 0.1) is 0 Å². The lowest BCUT2D eigenvalue weighted by molar-refractivity contribution is -0.124. The third-order valence-electron chi connectivity index (χ3n) is 4.39. The third-order valence-corrected chi connectivity index (χ3v) is 4.39. The Kier molecular flexibility index (Phi) is 6.74. The number of nitrogens with one attached hydrogen (secondary N) is 2. The number of carbonyl (C=O) groups is 1. The molecule has 27 heavy (non-hydrogen) atoms. The Labute approximate surface area is 160 Å². The molecule has 3 rings (SSSR count). The minimum Gasteiger partial charge on any atom is -0.357 e. The molecule has 4 nitrogen and oxygen atoms in total. The molecule has 0 heterocycles. The Bertz CT molecular complexity index is 781. The zero-order valence-electron chi connectivity index (χ0n) is 15.5. The first-order chi connectivity index (χ1) is 13.3. The smallest absolute Gasteiger partial charge is 0.242 e. The molecule has 0 saturated carbocycles. The number of hydrogen-bond donors (Lipinski definition) is 2. The van der Waals surface area contributed by atoms with Gasteiger partial charge in [-0.15, -0.1) is 0 Å². The first-order valence-electron chi connectivity index (χ1n) is 9.12. The first kappa shape index (κ1) is 18.8. The minimum atomic E-state index is -0.455. The van der Waals surface area contributed by atoms with Crippen molar-refractivity contribution < 1.29 is 4.79 Å². The zero-order chi connectivity index (χ0) is 18.9. The summed E-state index contributed by atoms with van der Waals surface area (Å²) in [5, 5.41) is 4.86. The fourth-order valence-electron chi connectivity index (χ4n) is 3.01. The van der Waals surface area contributed by atoms with Gasteiger partial charge < -0.3 is 5.32 Å². The Morgan fingerprint density at radius 3 is 1.67 bits per heavy atom. The number of amides is 1. The van der Waals surface area contributed by atoms with Gasteiger partial charge in [-0.2, -0.15) is 0 Å². The second-order valence-electron chi connectivity index (χ2n) is 6.41. The van der Waals surface area contributed by atoms with Gasteiger partial charge in [-0.05, 0) is 16.7 Å². The molecule has 2 N–H and O–H groups in total. The summed E-state index contributed by atoms with van der Waals surface area (Å²) in [6.45, 7) is 1.38. The monoisotopic (exact) mass is 359 g/mol. The molecule has 138 valence electrons. The van der Waals surface area contributed by atoms with Gasteiger partial charge in [0.15, 0.2) is 0 Å². The van der Waals surface area contributed by atoms with Crippen LogP contribution in [0.15, 0.2) is 91.0 Å². The average Bonchev–Trinajstić information content (AvgIpc) is 2.73. The summed E-state index contributed by atoms with van der Waals surface area (Å²) in [6.07, 6.45) is 0. The maximum atomic E-state index is 12.6. The highest BCUT2D eigenvalue weighted by atomic mass is 16.2. The second-order valence-corrected chi connectivity index (χ2v) is 6.41. The lowest BCUT2D eigenvalue weighted by atomic mass is 10.1. The molecule has 0 aliphatic heterocycles. The molecule has 0 bridgehead atoms. The summed E-state index contributed by atoms with van der Waals surface area (Å²) in [5.41, 5.74) is 6.74. The van der Waals surface area contributed by atoms with Crippen LogP contribution in [0.1, 0.15) is 22.7 Å². The van der Waals surface area contributed by atoms with Crippen molar-refractivity contribution in [3.05, 3.63) is 108 Å². The lowest BCUT2D eigenvalue weighted by Gasteiger charge is -2.29. The van der Waals surface area contributed by atoms with E-state index in [1.165, 1.54) is 11.1 Å². The molecule has 0 saturated heterocycles. The predicted molar refractivity (Wildman–Crippen MR) is 109 cm³/mol. The Balaban J connectivity index is 1.84. The molecule has 0 radical (unpaired) electrons. The van der Waals surface area contributed by atoms with E-state index in [0.717, 1.165) is 5.56 Å². The van der Waals surface area contributed by atoms with Gasteiger partial charge in [0.25, 0.3) is 0 Å². The van der Waals surface area contributed by atoms with E-state index in [4.69, 9.17) is 0 Å². The lowest BCUT2D eigenvalue weighted by Crippen LogP contribution is -2.45. The van der Waals surface area contributed by atoms with Gasteiger partial charge in [0, 0.05) is 20.1 Å². The topological polar surface area (TPSA) is 44.4 Å². The van der Waals surface area contributed by atoms with Gasteiger partial charge in [0.2, 0.25) is 5.91 Å². The quantitative estimate of drug-likeness (QED) is 0.603. The van der Waals surface area contributed by atoms with E-state index in [1.807, 2.05) is 66.7 Å². The van der Waals surface area contributed by atoms with Crippen LogP contribution in [0.25, 0.3) is 0 Å². The number of hydrogen-bond acceptors (Lipinski definition) is 3. The van der Waals surface area contributed by atoms with Crippen molar-refractivity contribution in [2.75, 3.05) is 7.05 Å². The molecule has 3 aromatic rings. The van der Waals surface area contributed by atoms with Crippen LogP contribution in [0.5, 0.6) is 0 Å². The van der Waals surface area contributed by atoms with E-state index in [0.29, 0.717) is 13.1 Å². The zero-order valence-corrected chi connectivity index (χ0v) is 15.5. The van der Waals surface area contributed by atoms with Crippen molar-refractivity contribution >= 4 is 5.91 Å². The van der Waals surface area contributed by atoms with Crippen LogP contribution in [-0.2, 0) is 17.9 Å². The van der Waals surface area contributed by atoms with Crippen LogP contribution in [-0.4, -0.2) is 18.0 Å². The summed E-state index contributed by atoms with van der Waals surface area (Å²) in [7, 11) is 1.67. The first-order valence-corrected chi connectivity index (χ1v) is 9.12. The number of benzene rings is 3. The summed E-state index contributed by atoms with van der Waals surface area (Å²) in [6, 6.07) is 29.9. The van der Waals surface area contributed by atoms with Crippen molar-refractivity contribution in [3.63, 3.8) is 0 Å². The van der Waals surface area contributed by atoms with E-state index in [-0.39, 0.29) is 5.91 Å². The van der Waals surface area contributed by atoms with Gasteiger partial charge in [0.05, 0.1) is 0 Å². The highest BCUT2D eigenvalue weighted by Gasteiger charge is 2.22. The number of hydrazine groups is 1. The van der Waals surface area contributed by atoms with E-state index in [2.05, 4.69) is 40.0 Å². The van der Waals surface area contributed by atoms with E-state index in [1.54, 1.807) is 7.05 Å². The van der Waals surface area contributed by atoms with Crippen molar-refractivity contribution in [2.24, 2.45) is 0 Å². The summed E-state index contributed by atoms with van der Waals surface area (Å²) >= 11 is 0. The van der Waals surface area contributed by atoms with Crippen molar-refractivity contribution in [3.8, 4) is 0 Å². The summed E-state index contributed by atoms with van der Waals surface area (Å²) in [4.78, 5) is 12.6.